The van der Waals surface area contributed by atoms with Gasteiger partial charge in [0.25, 0.3) is 0 Å². The lowest BCUT2D eigenvalue weighted by molar-refractivity contribution is -0.120. The van der Waals surface area contributed by atoms with Gasteiger partial charge in [0.15, 0.2) is 0 Å². The SMILES string of the molecule is NC/C=C/CNC(=O)CCc1ccccc1. The fourth-order valence-corrected chi connectivity index (χ4v) is 1.34. The summed E-state index contributed by atoms with van der Waals surface area (Å²) in [5.74, 6) is 0.0746. The monoisotopic (exact) mass is 218 g/mol. The lowest BCUT2D eigenvalue weighted by Gasteiger charge is -2.02. The van der Waals surface area contributed by atoms with Crippen molar-refractivity contribution in [2.75, 3.05) is 13.1 Å². The number of carbonyl (C=O) groups is 1. The van der Waals surface area contributed by atoms with Crippen LogP contribution in [0, 0.1) is 0 Å². The van der Waals surface area contributed by atoms with Gasteiger partial charge in [-0.2, -0.15) is 0 Å². The van der Waals surface area contributed by atoms with Crippen LogP contribution in [0.4, 0.5) is 0 Å². The third-order valence-electron chi connectivity index (χ3n) is 2.20. The third-order valence-corrected chi connectivity index (χ3v) is 2.20. The van der Waals surface area contributed by atoms with E-state index < -0.39 is 0 Å². The number of amides is 1. The Morgan fingerprint density at radius 2 is 2.00 bits per heavy atom. The molecule has 86 valence electrons. The molecular weight excluding hydrogens is 200 g/mol. The molecule has 0 unspecified atom stereocenters. The van der Waals surface area contributed by atoms with Crippen molar-refractivity contribution >= 4 is 5.91 Å². The van der Waals surface area contributed by atoms with Crippen molar-refractivity contribution in [3.63, 3.8) is 0 Å². The van der Waals surface area contributed by atoms with Gasteiger partial charge >= 0.3 is 0 Å². The standard InChI is InChI=1S/C13H18N2O/c14-10-4-5-11-15-13(16)9-8-12-6-2-1-3-7-12/h1-7H,8-11,14H2,(H,15,16)/b5-4+. The van der Waals surface area contributed by atoms with Crippen molar-refractivity contribution < 1.29 is 4.79 Å². The molecule has 3 nitrogen and oxygen atoms in total. The van der Waals surface area contributed by atoms with Crippen molar-refractivity contribution in [3.05, 3.63) is 48.0 Å². The Labute approximate surface area is 96.3 Å². The maximum atomic E-state index is 11.4. The van der Waals surface area contributed by atoms with Crippen LogP contribution >= 0.6 is 0 Å². The number of nitrogens with two attached hydrogens (primary N) is 1. The summed E-state index contributed by atoms with van der Waals surface area (Å²) in [6.45, 7) is 1.07. The maximum absolute atomic E-state index is 11.4. The Balaban J connectivity index is 2.18. The van der Waals surface area contributed by atoms with E-state index in [1.807, 2.05) is 42.5 Å². The van der Waals surface area contributed by atoms with E-state index in [0.29, 0.717) is 19.5 Å². The van der Waals surface area contributed by atoms with Crippen LogP contribution in [0.3, 0.4) is 0 Å². The zero-order valence-corrected chi connectivity index (χ0v) is 9.36. The van der Waals surface area contributed by atoms with E-state index in [9.17, 15) is 4.79 Å². The van der Waals surface area contributed by atoms with Crippen LogP contribution < -0.4 is 11.1 Å². The van der Waals surface area contributed by atoms with E-state index >= 15 is 0 Å². The third kappa shape index (κ3) is 5.32. The predicted octanol–water partition coefficient (Wildman–Crippen LogP) is 1.25. The number of carbonyl (C=O) groups excluding carboxylic acids is 1. The number of hydrogen-bond donors (Lipinski definition) is 2. The van der Waals surface area contributed by atoms with E-state index in [0.717, 1.165) is 6.42 Å². The molecule has 0 fully saturated rings. The molecule has 0 saturated heterocycles. The molecule has 3 heteroatoms. The number of rotatable bonds is 6. The summed E-state index contributed by atoms with van der Waals surface area (Å²) in [5.41, 5.74) is 6.47. The topological polar surface area (TPSA) is 55.1 Å². The lowest BCUT2D eigenvalue weighted by atomic mass is 10.1. The van der Waals surface area contributed by atoms with Gasteiger partial charge in [-0.05, 0) is 12.0 Å². The van der Waals surface area contributed by atoms with Gasteiger partial charge in [0, 0.05) is 19.5 Å². The molecule has 16 heavy (non-hydrogen) atoms. The maximum Gasteiger partial charge on any atom is 0.220 e. The Morgan fingerprint density at radius 1 is 1.25 bits per heavy atom. The van der Waals surface area contributed by atoms with Gasteiger partial charge in [-0.15, -0.1) is 0 Å². The Bertz CT molecular complexity index is 333. The molecule has 0 spiro atoms. The molecule has 0 radical (unpaired) electrons. The summed E-state index contributed by atoms with van der Waals surface area (Å²) in [6, 6.07) is 10.00. The molecule has 0 heterocycles. The van der Waals surface area contributed by atoms with Gasteiger partial charge in [-0.1, -0.05) is 42.5 Å². The van der Waals surface area contributed by atoms with E-state index in [2.05, 4.69) is 5.32 Å². The van der Waals surface area contributed by atoms with E-state index in [1.54, 1.807) is 0 Å². The van der Waals surface area contributed by atoms with Crippen LogP contribution in [0.25, 0.3) is 0 Å². The molecule has 0 aromatic heterocycles. The predicted molar refractivity (Wildman–Crippen MR) is 66.0 cm³/mol. The highest BCUT2D eigenvalue weighted by atomic mass is 16.1. The van der Waals surface area contributed by atoms with Crippen molar-refractivity contribution in [1.82, 2.24) is 5.32 Å². The number of nitrogens with one attached hydrogen (secondary N) is 1. The molecule has 1 aromatic carbocycles. The van der Waals surface area contributed by atoms with Gasteiger partial charge in [-0.3, -0.25) is 4.79 Å². The first-order valence-corrected chi connectivity index (χ1v) is 5.48. The first-order valence-electron chi connectivity index (χ1n) is 5.48. The summed E-state index contributed by atoms with van der Waals surface area (Å²) in [7, 11) is 0. The Hall–Kier alpha value is -1.61. The van der Waals surface area contributed by atoms with Gasteiger partial charge < -0.3 is 11.1 Å². The summed E-state index contributed by atoms with van der Waals surface area (Å²) in [4.78, 5) is 11.4. The van der Waals surface area contributed by atoms with Crippen molar-refractivity contribution in [2.45, 2.75) is 12.8 Å². The summed E-state index contributed by atoms with van der Waals surface area (Å²) in [5, 5.41) is 2.81. The molecule has 3 N–H and O–H groups in total. The number of aryl methyl sites for hydroxylation is 1. The van der Waals surface area contributed by atoms with Crippen molar-refractivity contribution in [2.24, 2.45) is 5.73 Å². The highest BCUT2D eigenvalue weighted by Crippen LogP contribution is 2.01. The molecule has 1 rings (SSSR count). The number of benzene rings is 1. The second-order valence-electron chi connectivity index (χ2n) is 3.50. The van der Waals surface area contributed by atoms with Crippen molar-refractivity contribution in [1.29, 1.82) is 0 Å². The zero-order valence-electron chi connectivity index (χ0n) is 9.36. The fraction of sp³-hybridized carbons (Fsp3) is 0.308. The fourth-order valence-electron chi connectivity index (χ4n) is 1.34. The van der Waals surface area contributed by atoms with Gasteiger partial charge in [-0.25, -0.2) is 0 Å². The quantitative estimate of drug-likeness (QED) is 0.706. The largest absolute Gasteiger partial charge is 0.353 e. The lowest BCUT2D eigenvalue weighted by Crippen LogP contribution is -2.23. The minimum atomic E-state index is 0.0746. The molecular formula is C13H18N2O. The minimum absolute atomic E-state index is 0.0746. The molecule has 0 saturated carbocycles. The molecule has 0 bridgehead atoms. The van der Waals surface area contributed by atoms with Crippen LogP contribution in [0.2, 0.25) is 0 Å². The van der Waals surface area contributed by atoms with Crippen LogP contribution in [0.1, 0.15) is 12.0 Å². The Kier molecular flexibility index (Phi) is 5.96. The Morgan fingerprint density at radius 3 is 2.69 bits per heavy atom. The molecule has 1 aromatic rings. The second kappa shape index (κ2) is 7.65. The minimum Gasteiger partial charge on any atom is -0.353 e. The second-order valence-corrected chi connectivity index (χ2v) is 3.50. The zero-order chi connectivity index (χ0) is 11.6. The molecule has 0 aliphatic carbocycles. The van der Waals surface area contributed by atoms with E-state index in [1.165, 1.54) is 5.56 Å². The molecule has 1 amide bonds. The smallest absolute Gasteiger partial charge is 0.220 e. The number of hydrogen-bond acceptors (Lipinski definition) is 2. The first kappa shape index (κ1) is 12.5. The van der Waals surface area contributed by atoms with Crippen LogP contribution in [-0.2, 0) is 11.2 Å². The summed E-state index contributed by atoms with van der Waals surface area (Å²) >= 11 is 0. The van der Waals surface area contributed by atoms with Crippen molar-refractivity contribution in [3.8, 4) is 0 Å². The average Bonchev–Trinajstić information content (AvgIpc) is 2.33. The van der Waals surface area contributed by atoms with Gasteiger partial charge in [0.1, 0.15) is 0 Å². The van der Waals surface area contributed by atoms with Gasteiger partial charge in [0.2, 0.25) is 5.91 Å². The highest BCUT2D eigenvalue weighted by molar-refractivity contribution is 5.76. The summed E-state index contributed by atoms with van der Waals surface area (Å²) < 4.78 is 0. The van der Waals surface area contributed by atoms with Crippen LogP contribution in [0.5, 0.6) is 0 Å². The molecule has 0 aliphatic heterocycles. The summed E-state index contributed by atoms with van der Waals surface area (Å²) in [6.07, 6.45) is 5.01. The average molecular weight is 218 g/mol. The normalized spacial score (nSPS) is 10.6. The van der Waals surface area contributed by atoms with Gasteiger partial charge in [0.05, 0.1) is 0 Å². The first-order chi connectivity index (χ1) is 7.83. The highest BCUT2D eigenvalue weighted by Gasteiger charge is 1.99. The van der Waals surface area contributed by atoms with Crippen LogP contribution in [-0.4, -0.2) is 19.0 Å². The van der Waals surface area contributed by atoms with E-state index in [-0.39, 0.29) is 5.91 Å². The molecule has 0 aliphatic rings. The van der Waals surface area contributed by atoms with E-state index in [4.69, 9.17) is 5.73 Å². The molecule has 0 atom stereocenters. The van der Waals surface area contributed by atoms with Crippen LogP contribution in [0.15, 0.2) is 42.5 Å².